The maximum Gasteiger partial charge on any atom is 0.137 e. The quantitative estimate of drug-likeness (QED) is 0.0894. The minimum absolute atomic E-state index is 0. The summed E-state index contributed by atoms with van der Waals surface area (Å²) in [6, 6.07) is 23.9. The minimum atomic E-state index is -1.27. The molecular weight excluding hydrogens is 973 g/mol. The molecule has 0 radical (unpaired) electrons. The third kappa shape index (κ3) is 10.8. The smallest absolute Gasteiger partial charge is 0.137 e. The molecule has 14 nitrogen and oxygen atoms in total. The average molecular weight is 1050 g/mol. The van der Waals surface area contributed by atoms with E-state index in [-0.39, 0.29) is 64.6 Å². The molecule has 6 aromatic rings. The number of aromatic nitrogens is 9. The normalized spacial score (nSPS) is 29.2. The largest absolute Gasteiger partial charge is 0.396 e. The molecule has 5 heterocycles. The summed E-state index contributed by atoms with van der Waals surface area (Å²) in [6.45, 7) is 7.64. The van der Waals surface area contributed by atoms with E-state index in [9.17, 15) is 15.3 Å². The summed E-state index contributed by atoms with van der Waals surface area (Å²) >= 11 is 17.9. The summed E-state index contributed by atoms with van der Waals surface area (Å²) in [5.41, 5.74) is 1.85. The summed E-state index contributed by atoms with van der Waals surface area (Å²) in [4.78, 5) is 12.1. The predicted octanol–water partition coefficient (Wildman–Crippen LogP) is 10.3. The lowest BCUT2D eigenvalue weighted by Gasteiger charge is -2.57. The average Bonchev–Trinajstić information content (AvgIpc) is 4.23. The first kappa shape index (κ1) is 57.0. The van der Waals surface area contributed by atoms with E-state index in [2.05, 4.69) is 68.4 Å². The summed E-state index contributed by atoms with van der Waals surface area (Å²) in [7, 11) is 0. The summed E-state index contributed by atoms with van der Waals surface area (Å²) in [5.74, 6) is 0.917. The third-order valence-electron chi connectivity index (χ3n) is 17.1. The van der Waals surface area contributed by atoms with E-state index in [0.717, 1.165) is 61.2 Å². The standard InChI is InChI=1S/C18H22ClN3O.C17H22ClN3O3.C17H20ClN3O.3CH4/c1-2-17-8-7-15(9-14-3-5-16(19)6-4-14)18(17,23-11-17)10-22-13-20-12-21-22;18-15-3-1-13(2-4-15)7-14-5-6-16(9-22,10-23)17(14,24)8-21-12-19-11-20-21;1-16-7-6-14(8-13-2-4-15(18)5-3-13)17(16,22-10-16)9-21-12-19-11-20-21;;;/h3-6,12-13,15H,2,7-11H2,1H3;1-4,11-12,14,22-24H,5-10H2;2-5,11-12,14H,6-10H2,1H3;3*1H4. The van der Waals surface area contributed by atoms with Crippen molar-refractivity contribution in [1.82, 2.24) is 44.3 Å². The highest BCUT2D eigenvalue weighted by molar-refractivity contribution is 6.31. The van der Waals surface area contributed by atoms with Gasteiger partial charge in [-0.2, -0.15) is 15.3 Å². The number of hydrogen-bond donors (Lipinski definition) is 3. The van der Waals surface area contributed by atoms with Crippen molar-refractivity contribution < 1.29 is 24.8 Å². The summed E-state index contributed by atoms with van der Waals surface area (Å²) in [5, 5.41) is 46.3. The number of fused-ring (bicyclic) bond motifs is 2. The molecule has 2 aliphatic heterocycles. The summed E-state index contributed by atoms with van der Waals surface area (Å²) in [6.07, 6.45) is 19.8. The number of halogens is 3. The Kier molecular flexibility index (Phi) is 18.6. The molecule has 8 atom stereocenters. The van der Waals surface area contributed by atoms with Gasteiger partial charge in [0.25, 0.3) is 0 Å². The molecule has 3 aromatic carbocycles. The third-order valence-corrected chi connectivity index (χ3v) is 17.9. The van der Waals surface area contributed by atoms with Crippen molar-refractivity contribution in [3.05, 3.63) is 143 Å². The molecule has 3 aromatic heterocycles. The Balaban J connectivity index is 0.000000173. The number of aliphatic hydroxyl groups excluding tert-OH is 2. The van der Waals surface area contributed by atoms with Gasteiger partial charge in [-0.15, -0.1) is 0 Å². The minimum Gasteiger partial charge on any atom is -0.396 e. The van der Waals surface area contributed by atoms with Crippen LogP contribution in [-0.4, -0.2) is 103 Å². The van der Waals surface area contributed by atoms with Crippen molar-refractivity contribution in [2.75, 3.05) is 26.4 Å². The van der Waals surface area contributed by atoms with E-state index in [0.29, 0.717) is 35.1 Å². The highest BCUT2D eigenvalue weighted by atomic mass is 35.5. The molecule has 17 heteroatoms. The number of nitrogens with zero attached hydrogens (tertiary/aromatic N) is 9. The van der Waals surface area contributed by atoms with E-state index < -0.39 is 11.0 Å². The van der Waals surface area contributed by atoms with Crippen molar-refractivity contribution >= 4 is 34.8 Å². The fraction of sp³-hybridized carbons (Fsp3) is 0.564. The SMILES string of the molecule is C.C.C.CC12CCC(Cc3ccc(Cl)cc3)C1(Cn1cncn1)OC2.CCC12CCC(Cc3ccc(Cl)cc3)C1(Cn1cncn1)OC2.OCC1(CO)CCC(Cc2ccc(Cl)cc2)C1(O)Cn1cncn1. The number of hydrogen-bond acceptors (Lipinski definition) is 11. The van der Waals surface area contributed by atoms with E-state index in [1.807, 2.05) is 57.9 Å². The number of aliphatic hydroxyl groups is 3. The molecule has 3 saturated carbocycles. The molecule has 5 fully saturated rings. The van der Waals surface area contributed by atoms with Crippen molar-refractivity contribution in [2.24, 2.45) is 34.0 Å². The van der Waals surface area contributed by atoms with Gasteiger partial charge in [-0.05, 0) is 135 Å². The van der Waals surface area contributed by atoms with Gasteiger partial charge in [-0.1, -0.05) is 107 Å². The van der Waals surface area contributed by atoms with Crippen LogP contribution in [-0.2, 0) is 48.4 Å². The van der Waals surface area contributed by atoms with Gasteiger partial charge in [0, 0.05) is 31.3 Å². The molecule has 392 valence electrons. The molecule has 72 heavy (non-hydrogen) atoms. The van der Waals surface area contributed by atoms with E-state index >= 15 is 0 Å². The molecule has 0 bridgehead atoms. The zero-order chi connectivity index (χ0) is 48.3. The van der Waals surface area contributed by atoms with Crippen molar-refractivity contribution in [2.45, 2.75) is 137 Å². The Bertz CT molecular complexity index is 2550. The Morgan fingerprint density at radius 2 is 0.958 bits per heavy atom. The molecule has 11 rings (SSSR count). The van der Waals surface area contributed by atoms with Crippen LogP contribution in [0.25, 0.3) is 0 Å². The fourth-order valence-electron chi connectivity index (χ4n) is 12.7. The lowest BCUT2D eigenvalue weighted by molar-refractivity contribution is -0.276. The van der Waals surface area contributed by atoms with Gasteiger partial charge in [0.15, 0.2) is 0 Å². The van der Waals surface area contributed by atoms with Gasteiger partial charge in [-0.3, -0.25) is 14.0 Å². The first-order valence-corrected chi connectivity index (χ1v) is 25.4. The second-order valence-corrected chi connectivity index (χ2v) is 21.9. The number of ether oxygens (including phenoxy) is 2. The van der Waals surface area contributed by atoms with Gasteiger partial charge in [0.2, 0.25) is 0 Å². The molecule has 8 unspecified atom stereocenters. The molecule has 3 aliphatic carbocycles. The van der Waals surface area contributed by atoms with Crippen LogP contribution in [0.3, 0.4) is 0 Å². The van der Waals surface area contributed by atoms with Gasteiger partial charge in [0.1, 0.15) is 38.0 Å². The Morgan fingerprint density at radius 3 is 1.35 bits per heavy atom. The first-order chi connectivity index (χ1) is 33.3. The molecule has 0 amide bonds. The maximum atomic E-state index is 11.5. The molecule has 2 saturated heterocycles. The van der Waals surface area contributed by atoms with Crippen LogP contribution in [0.1, 0.15) is 97.8 Å². The first-order valence-electron chi connectivity index (χ1n) is 24.2. The molecule has 5 aliphatic rings. The Hall–Kier alpha value is -4.25. The highest BCUT2D eigenvalue weighted by Crippen LogP contribution is 2.63. The Labute approximate surface area is 441 Å². The maximum absolute atomic E-state index is 11.5. The number of benzene rings is 3. The van der Waals surface area contributed by atoms with Crippen LogP contribution < -0.4 is 0 Å². The highest BCUT2D eigenvalue weighted by Gasteiger charge is 2.67. The van der Waals surface area contributed by atoms with Gasteiger partial charge < -0.3 is 24.8 Å². The second-order valence-electron chi connectivity index (χ2n) is 20.5. The monoisotopic (exact) mass is 1050 g/mol. The van der Waals surface area contributed by atoms with Gasteiger partial charge >= 0.3 is 0 Å². The molecule has 0 spiro atoms. The molecular formula is C55H76Cl3N9O5. The van der Waals surface area contributed by atoms with Gasteiger partial charge in [0.05, 0.1) is 62.9 Å². The number of rotatable bonds is 15. The van der Waals surface area contributed by atoms with Crippen LogP contribution >= 0.6 is 34.8 Å². The van der Waals surface area contributed by atoms with Crippen LogP contribution in [0, 0.1) is 34.0 Å². The van der Waals surface area contributed by atoms with Crippen molar-refractivity contribution in [1.29, 1.82) is 0 Å². The lowest BCUT2D eigenvalue weighted by Crippen LogP contribution is -2.65. The lowest BCUT2D eigenvalue weighted by atomic mass is 9.64. The van der Waals surface area contributed by atoms with Crippen molar-refractivity contribution in [3.63, 3.8) is 0 Å². The topological polar surface area (TPSA) is 171 Å². The van der Waals surface area contributed by atoms with Gasteiger partial charge in [-0.25, -0.2) is 15.0 Å². The van der Waals surface area contributed by atoms with E-state index in [1.54, 1.807) is 30.0 Å². The zero-order valence-electron chi connectivity index (χ0n) is 39.5. The predicted molar refractivity (Wildman–Crippen MR) is 284 cm³/mol. The van der Waals surface area contributed by atoms with Crippen LogP contribution in [0.4, 0.5) is 0 Å². The molecule has 3 N–H and O–H groups in total. The van der Waals surface area contributed by atoms with E-state index in [1.165, 1.54) is 55.9 Å². The van der Waals surface area contributed by atoms with Crippen molar-refractivity contribution in [3.8, 4) is 0 Å². The van der Waals surface area contributed by atoms with Crippen LogP contribution in [0.5, 0.6) is 0 Å². The van der Waals surface area contributed by atoms with Crippen LogP contribution in [0.15, 0.2) is 111 Å². The Morgan fingerprint density at radius 1 is 0.556 bits per heavy atom. The second kappa shape index (κ2) is 23.5. The van der Waals surface area contributed by atoms with Crippen LogP contribution in [0.2, 0.25) is 15.1 Å². The summed E-state index contributed by atoms with van der Waals surface area (Å²) < 4.78 is 17.9. The fourth-order valence-corrected chi connectivity index (χ4v) is 13.1. The van der Waals surface area contributed by atoms with E-state index in [4.69, 9.17) is 44.3 Å². The zero-order valence-corrected chi connectivity index (χ0v) is 41.7.